The Bertz CT molecular complexity index is 751. The Morgan fingerprint density at radius 3 is 2.69 bits per heavy atom. The van der Waals surface area contributed by atoms with E-state index in [0.717, 1.165) is 36.9 Å². The van der Waals surface area contributed by atoms with Gasteiger partial charge in [0, 0.05) is 35.8 Å². The summed E-state index contributed by atoms with van der Waals surface area (Å²) in [5.74, 6) is 1.12. The Kier molecular flexibility index (Phi) is 11.2. The average molecular weight is 398 g/mol. The van der Waals surface area contributed by atoms with Crippen LogP contribution in [0, 0.1) is 0 Å². The number of carbonyl (C=O) groups is 1. The summed E-state index contributed by atoms with van der Waals surface area (Å²) in [5, 5.41) is 3.42. The standard InChI is InChI=1S/C21H29N5O.C2H6/c1-5-8-10-17(7-3)24-21-23-13-11-19(25-21)18-14-26(15-27)20(16(18)4)22-12-9-6-2;1-2/h9,11-15,17H,4-8,10H2,1-3H3,(H,23,24,25);1-2H3/b12-9-,22-20?;. The predicted octanol–water partition coefficient (Wildman–Crippen LogP) is 5.57. The van der Waals surface area contributed by atoms with Crippen LogP contribution in [0.5, 0.6) is 0 Å². The van der Waals surface area contributed by atoms with Gasteiger partial charge in [-0.15, -0.1) is 0 Å². The minimum Gasteiger partial charge on any atom is -0.351 e. The molecule has 0 fully saturated rings. The molecule has 2 heterocycles. The highest BCUT2D eigenvalue weighted by Crippen LogP contribution is 2.29. The number of anilines is 1. The number of allylic oxidation sites excluding steroid dienone is 1. The number of carbonyl (C=O) groups excluding carboxylic acids is 1. The molecular weight excluding hydrogens is 362 g/mol. The SMILES string of the molecule is C=C1C(c2ccnc(NC(CC)CCCC)n2)=CN(C=O)C1=N/C=C\CC.CC. The van der Waals surface area contributed by atoms with Gasteiger partial charge in [-0.3, -0.25) is 9.69 Å². The minimum atomic E-state index is 0.351. The first-order chi connectivity index (χ1) is 14.1. The van der Waals surface area contributed by atoms with Gasteiger partial charge < -0.3 is 5.32 Å². The third kappa shape index (κ3) is 6.97. The maximum atomic E-state index is 11.4. The number of rotatable bonds is 10. The van der Waals surface area contributed by atoms with Crippen LogP contribution in [0.25, 0.3) is 5.57 Å². The second-order valence-electron chi connectivity index (χ2n) is 6.44. The van der Waals surface area contributed by atoms with Crippen molar-refractivity contribution in [3.8, 4) is 0 Å². The smallest absolute Gasteiger partial charge is 0.223 e. The van der Waals surface area contributed by atoms with Crippen molar-refractivity contribution in [1.29, 1.82) is 0 Å². The lowest BCUT2D eigenvalue weighted by atomic mass is 10.1. The lowest BCUT2D eigenvalue weighted by Crippen LogP contribution is -2.20. The lowest BCUT2D eigenvalue weighted by Gasteiger charge is -2.16. The maximum absolute atomic E-state index is 11.4. The Hall–Kier alpha value is -2.76. The fourth-order valence-electron chi connectivity index (χ4n) is 2.82. The second-order valence-corrected chi connectivity index (χ2v) is 6.44. The first-order valence-corrected chi connectivity index (χ1v) is 10.6. The first-order valence-electron chi connectivity index (χ1n) is 10.6. The van der Waals surface area contributed by atoms with Crippen molar-refractivity contribution in [3.63, 3.8) is 0 Å². The molecule has 1 atom stereocenters. The number of unbranched alkanes of at least 4 members (excludes halogenated alkanes) is 1. The summed E-state index contributed by atoms with van der Waals surface area (Å²) >= 11 is 0. The molecule has 1 amide bonds. The highest BCUT2D eigenvalue weighted by atomic mass is 16.1. The number of nitrogens with zero attached hydrogens (tertiary/aromatic N) is 4. The molecule has 0 radical (unpaired) electrons. The Morgan fingerprint density at radius 1 is 1.31 bits per heavy atom. The van der Waals surface area contributed by atoms with Crippen molar-refractivity contribution in [2.24, 2.45) is 4.99 Å². The predicted molar refractivity (Wildman–Crippen MR) is 122 cm³/mol. The van der Waals surface area contributed by atoms with Gasteiger partial charge >= 0.3 is 0 Å². The van der Waals surface area contributed by atoms with Crippen LogP contribution in [-0.4, -0.2) is 33.2 Å². The van der Waals surface area contributed by atoms with Crippen LogP contribution < -0.4 is 5.32 Å². The summed E-state index contributed by atoms with van der Waals surface area (Å²) in [6, 6.07) is 2.17. The molecular formula is C23H35N5O. The summed E-state index contributed by atoms with van der Waals surface area (Å²) in [6.07, 6.45) is 13.1. The quantitative estimate of drug-likeness (QED) is 0.524. The van der Waals surface area contributed by atoms with Crippen LogP contribution >= 0.6 is 0 Å². The number of amides is 1. The van der Waals surface area contributed by atoms with Gasteiger partial charge in [-0.2, -0.15) is 0 Å². The topological polar surface area (TPSA) is 70.5 Å². The van der Waals surface area contributed by atoms with Gasteiger partial charge in [-0.25, -0.2) is 15.0 Å². The summed E-state index contributed by atoms with van der Waals surface area (Å²) in [5.41, 5.74) is 2.17. The van der Waals surface area contributed by atoms with Gasteiger partial charge in [-0.1, -0.05) is 60.1 Å². The van der Waals surface area contributed by atoms with Crippen molar-refractivity contribution in [2.75, 3.05) is 5.32 Å². The summed E-state index contributed by atoms with van der Waals surface area (Å²) in [6.45, 7) is 14.5. The van der Waals surface area contributed by atoms with Gasteiger partial charge in [0.2, 0.25) is 12.4 Å². The zero-order chi connectivity index (χ0) is 21.6. The van der Waals surface area contributed by atoms with Crippen LogP contribution in [0.15, 0.2) is 47.9 Å². The van der Waals surface area contributed by atoms with Gasteiger partial charge in [0.1, 0.15) is 5.84 Å². The molecule has 0 spiro atoms. The Labute approximate surface area is 175 Å². The van der Waals surface area contributed by atoms with E-state index in [-0.39, 0.29) is 0 Å². The van der Waals surface area contributed by atoms with Crippen molar-refractivity contribution >= 4 is 23.8 Å². The summed E-state index contributed by atoms with van der Waals surface area (Å²) in [4.78, 5) is 26.2. The van der Waals surface area contributed by atoms with Crippen LogP contribution in [-0.2, 0) is 4.79 Å². The van der Waals surface area contributed by atoms with Crippen molar-refractivity contribution in [2.45, 2.75) is 72.8 Å². The normalized spacial score (nSPS) is 15.9. The Balaban J connectivity index is 0.00000204. The van der Waals surface area contributed by atoms with E-state index in [0.29, 0.717) is 23.4 Å². The third-order valence-corrected chi connectivity index (χ3v) is 4.42. The molecule has 0 aromatic carbocycles. The largest absolute Gasteiger partial charge is 0.351 e. The zero-order valence-electron chi connectivity index (χ0n) is 18.5. The summed E-state index contributed by atoms with van der Waals surface area (Å²) < 4.78 is 0. The van der Waals surface area contributed by atoms with Gasteiger partial charge in [0.25, 0.3) is 0 Å². The number of hydrogen-bond donors (Lipinski definition) is 1. The van der Waals surface area contributed by atoms with Gasteiger partial charge in [0.15, 0.2) is 0 Å². The Morgan fingerprint density at radius 2 is 2.07 bits per heavy atom. The number of aromatic nitrogens is 2. The first kappa shape index (κ1) is 24.3. The molecule has 0 saturated carbocycles. The van der Waals surface area contributed by atoms with E-state index < -0.39 is 0 Å². The molecule has 1 N–H and O–H groups in total. The summed E-state index contributed by atoms with van der Waals surface area (Å²) in [7, 11) is 0. The number of aliphatic imine (C=N–C) groups is 1. The zero-order valence-corrected chi connectivity index (χ0v) is 18.5. The molecule has 2 rings (SSSR count). The lowest BCUT2D eigenvalue weighted by molar-refractivity contribution is -0.113. The minimum absolute atomic E-state index is 0.351. The van der Waals surface area contributed by atoms with Crippen molar-refractivity contribution in [3.05, 3.63) is 48.6 Å². The molecule has 6 heteroatoms. The van der Waals surface area contributed by atoms with Crippen molar-refractivity contribution < 1.29 is 4.79 Å². The maximum Gasteiger partial charge on any atom is 0.223 e. The van der Waals surface area contributed by atoms with Gasteiger partial charge in [-0.05, 0) is 25.3 Å². The van der Waals surface area contributed by atoms with Crippen LogP contribution in [0.2, 0.25) is 0 Å². The van der Waals surface area contributed by atoms with Crippen molar-refractivity contribution in [1.82, 2.24) is 14.9 Å². The van der Waals surface area contributed by atoms with Gasteiger partial charge in [0.05, 0.1) is 5.69 Å². The molecule has 0 aliphatic carbocycles. The van der Waals surface area contributed by atoms with Crippen LogP contribution in [0.4, 0.5) is 5.95 Å². The highest BCUT2D eigenvalue weighted by Gasteiger charge is 2.25. The molecule has 29 heavy (non-hydrogen) atoms. The fourth-order valence-corrected chi connectivity index (χ4v) is 2.82. The molecule has 1 aliphatic rings. The van der Waals surface area contributed by atoms with E-state index in [1.165, 1.54) is 17.7 Å². The molecule has 1 aliphatic heterocycles. The molecule has 1 aromatic heterocycles. The van der Waals surface area contributed by atoms with E-state index in [1.807, 2.05) is 32.9 Å². The van der Waals surface area contributed by atoms with E-state index in [4.69, 9.17) is 0 Å². The molecule has 1 aromatic rings. The van der Waals surface area contributed by atoms with E-state index in [2.05, 4.69) is 40.7 Å². The van der Waals surface area contributed by atoms with Crippen LogP contribution in [0.1, 0.15) is 72.4 Å². The van der Waals surface area contributed by atoms with Crippen LogP contribution in [0.3, 0.4) is 0 Å². The fraction of sp³-hybridized carbons (Fsp3) is 0.478. The number of hydrogen-bond acceptors (Lipinski definition) is 5. The second kappa shape index (κ2) is 13.4. The third-order valence-electron chi connectivity index (χ3n) is 4.42. The van der Waals surface area contributed by atoms with E-state index >= 15 is 0 Å². The molecule has 6 nitrogen and oxygen atoms in total. The molecule has 158 valence electrons. The monoisotopic (exact) mass is 397 g/mol. The molecule has 1 unspecified atom stereocenters. The highest BCUT2D eigenvalue weighted by molar-refractivity contribution is 6.19. The van der Waals surface area contributed by atoms with E-state index in [1.54, 1.807) is 18.6 Å². The van der Waals surface area contributed by atoms with E-state index in [9.17, 15) is 4.79 Å². The number of nitrogens with one attached hydrogen (secondary N) is 1. The number of amidine groups is 1. The molecule has 0 saturated heterocycles. The molecule has 0 bridgehead atoms. The average Bonchev–Trinajstić information content (AvgIpc) is 3.08.